The van der Waals surface area contributed by atoms with E-state index in [-0.39, 0.29) is 45.7 Å². The second-order valence-electron chi connectivity index (χ2n) is 12.4. The molecular weight excluding hydrogens is 526 g/mol. The number of carbonyl (C=O) groups is 4. The molecule has 2 aliphatic carbocycles. The maximum atomic E-state index is 13.4. The van der Waals surface area contributed by atoms with Crippen LogP contribution in [0.2, 0.25) is 0 Å². The maximum Gasteiger partial charge on any atom is 0.237 e. The Kier molecular flexibility index (Phi) is 18.2. The third-order valence-electron chi connectivity index (χ3n) is 8.45. The van der Waals surface area contributed by atoms with Gasteiger partial charge in [-0.05, 0) is 63.5 Å². The third kappa shape index (κ3) is 13.2. The predicted octanol–water partition coefficient (Wildman–Crippen LogP) is 6.64. The van der Waals surface area contributed by atoms with Gasteiger partial charge in [0.1, 0.15) is 5.78 Å². The zero-order valence-electron chi connectivity index (χ0n) is 27.6. The molecule has 0 saturated heterocycles. The first-order valence-electron chi connectivity index (χ1n) is 16.4. The third-order valence-corrected chi connectivity index (χ3v) is 8.45. The van der Waals surface area contributed by atoms with Crippen LogP contribution in [0.3, 0.4) is 0 Å². The number of hydrogen-bond acceptors (Lipinski definition) is 5. The van der Waals surface area contributed by atoms with Crippen molar-refractivity contribution in [3.05, 3.63) is 35.9 Å². The smallest absolute Gasteiger partial charge is 0.237 e. The number of ketones is 2. The molecule has 3 N–H and O–H groups in total. The standard InChI is InChI=1S/C24H37N3O3.C9H16O.C2H6.3H2/c1-15(2)21(27-23(29)17(4)25-5)22(28)19-13-16(3)14-20(19)24(30)26-12-11-18-9-7-6-8-10-18;1-8(10)7-9-5-3-2-4-6-9;1-2;;;/h6-10,15-17,19-21,25H,11-14H2,1-5H3,(H,26,30)(H,27,29);9H,2-7H2,1H3;1-2H3;3*1H/t16-,17+,19?,20-,21+;;;;;/m1...../s1. The quantitative estimate of drug-likeness (QED) is 0.253. The second kappa shape index (κ2) is 20.4. The summed E-state index contributed by atoms with van der Waals surface area (Å²) in [6, 6.07) is 9.07. The topological polar surface area (TPSA) is 104 Å². The molecule has 2 aliphatic rings. The average molecular weight is 592 g/mol. The Morgan fingerprint density at radius 1 is 0.929 bits per heavy atom. The lowest BCUT2D eigenvalue weighted by Gasteiger charge is -2.28. The molecule has 2 fully saturated rings. The molecule has 2 saturated carbocycles. The lowest BCUT2D eigenvalue weighted by molar-refractivity contribution is -0.136. The average Bonchev–Trinajstić information content (AvgIpc) is 3.38. The van der Waals surface area contributed by atoms with Crippen molar-refractivity contribution < 1.29 is 23.5 Å². The molecular formula is C35H65N3O4. The Bertz CT molecular complexity index is 959. The van der Waals surface area contributed by atoms with Gasteiger partial charge in [0.25, 0.3) is 0 Å². The number of benzene rings is 1. The van der Waals surface area contributed by atoms with E-state index in [0.29, 0.717) is 31.1 Å². The Morgan fingerprint density at radius 2 is 1.52 bits per heavy atom. The van der Waals surface area contributed by atoms with Gasteiger partial charge in [0.15, 0.2) is 5.78 Å². The second-order valence-corrected chi connectivity index (χ2v) is 12.4. The van der Waals surface area contributed by atoms with E-state index < -0.39 is 6.04 Å². The highest BCUT2D eigenvalue weighted by Crippen LogP contribution is 2.38. The molecule has 1 unspecified atom stereocenters. The van der Waals surface area contributed by atoms with Crippen LogP contribution in [0.4, 0.5) is 0 Å². The first-order chi connectivity index (χ1) is 20.0. The first kappa shape index (κ1) is 37.5. The molecule has 5 atom stereocenters. The van der Waals surface area contributed by atoms with Crippen LogP contribution >= 0.6 is 0 Å². The minimum atomic E-state index is -0.580. The van der Waals surface area contributed by atoms with Crippen molar-refractivity contribution in [2.24, 2.45) is 29.6 Å². The van der Waals surface area contributed by atoms with Crippen LogP contribution in [0.25, 0.3) is 0 Å². The number of hydrogen-bond donors (Lipinski definition) is 3. The fraction of sp³-hybridized carbons (Fsp3) is 0.714. The molecule has 244 valence electrons. The van der Waals surface area contributed by atoms with Gasteiger partial charge in [-0.2, -0.15) is 0 Å². The van der Waals surface area contributed by atoms with Crippen molar-refractivity contribution in [3.63, 3.8) is 0 Å². The van der Waals surface area contributed by atoms with Gasteiger partial charge in [-0.15, -0.1) is 0 Å². The molecule has 0 bridgehead atoms. The monoisotopic (exact) mass is 591 g/mol. The van der Waals surface area contributed by atoms with Crippen molar-refractivity contribution in [1.82, 2.24) is 16.0 Å². The summed E-state index contributed by atoms with van der Waals surface area (Å²) in [5, 5.41) is 8.83. The van der Waals surface area contributed by atoms with Crippen molar-refractivity contribution in [3.8, 4) is 0 Å². The summed E-state index contributed by atoms with van der Waals surface area (Å²) in [5.74, 6) is 0.419. The van der Waals surface area contributed by atoms with Crippen LogP contribution in [0.1, 0.15) is 110 Å². The summed E-state index contributed by atoms with van der Waals surface area (Å²) in [4.78, 5) is 49.3. The van der Waals surface area contributed by atoms with Gasteiger partial charge in [0.2, 0.25) is 11.8 Å². The van der Waals surface area contributed by atoms with Gasteiger partial charge in [0, 0.05) is 29.1 Å². The lowest BCUT2D eigenvalue weighted by Crippen LogP contribution is -2.52. The van der Waals surface area contributed by atoms with Crippen molar-refractivity contribution >= 4 is 23.4 Å². The van der Waals surface area contributed by atoms with Crippen LogP contribution in [0.15, 0.2) is 30.3 Å². The molecule has 0 spiro atoms. The highest BCUT2D eigenvalue weighted by Gasteiger charge is 2.44. The van der Waals surface area contributed by atoms with E-state index in [2.05, 4.69) is 22.9 Å². The molecule has 1 aromatic carbocycles. The summed E-state index contributed by atoms with van der Waals surface area (Å²) < 4.78 is 0. The van der Waals surface area contributed by atoms with Gasteiger partial charge in [-0.25, -0.2) is 0 Å². The molecule has 0 radical (unpaired) electrons. The van der Waals surface area contributed by atoms with Crippen LogP contribution < -0.4 is 16.0 Å². The highest BCUT2D eigenvalue weighted by atomic mass is 16.2. The Labute approximate surface area is 260 Å². The molecule has 7 nitrogen and oxygen atoms in total. The Morgan fingerprint density at radius 3 is 2.07 bits per heavy atom. The van der Waals surface area contributed by atoms with Crippen LogP contribution in [-0.2, 0) is 25.6 Å². The van der Waals surface area contributed by atoms with Gasteiger partial charge in [-0.3, -0.25) is 14.4 Å². The van der Waals surface area contributed by atoms with Gasteiger partial charge in [-0.1, -0.05) is 97.1 Å². The Balaban J connectivity index is -0.000000998. The minimum Gasteiger partial charge on any atom is -0.356 e. The summed E-state index contributed by atoms with van der Waals surface area (Å²) in [7, 11) is 1.71. The van der Waals surface area contributed by atoms with Gasteiger partial charge >= 0.3 is 0 Å². The molecule has 0 aromatic heterocycles. The van der Waals surface area contributed by atoms with Gasteiger partial charge < -0.3 is 20.7 Å². The summed E-state index contributed by atoms with van der Waals surface area (Å²) in [6.45, 7) is 14.0. The van der Waals surface area contributed by atoms with Gasteiger partial charge in [0.05, 0.1) is 12.1 Å². The fourth-order valence-electron chi connectivity index (χ4n) is 6.01. The zero-order chi connectivity index (χ0) is 31.7. The number of Topliss-reactive ketones (excluding diaryl/α,β-unsaturated/α-hetero) is 2. The van der Waals surface area contributed by atoms with Crippen LogP contribution in [-0.4, -0.2) is 49.1 Å². The minimum absolute atomic E-state index is 0. The normalized spacial score (nSPS) is 21.6. The molecule has 1 aromatic rings. The molecule has 3 rings (SSSR count). The van der Waals surface area contributed by atoms with Crippen LogP contribution in [0, 0.1) is 29.6 Å². The van der Waals surface area contributed by atoms with Crippen molar-refractivity contribution in [2.45, 2.75) is 118 Å². The van der Waals surface area contributed by atoms with E-state index in [4.69, 9.17) is 0 Å². The number of likely N-dealkylation sites (N-methyl/N-ethyl adjacent to an activating group) is 1. The largest absolute Gasteiger partial charge is 0.356 e. The summed E-state index contributed by atoms with van der Waals surface area (Å²) in [5.41, 5.74) is 1.17. The molecule has 2 amide bonds. The van der Waals surface area contributed by atoms with E-state index >= 15 is 0 Å². The molecule has 0 heterocycles. The van der Waals surface area contributed by atoms with E-state index in [1.807, 2.05) is 58.0 Å². The molecule has 0 aliphatic heterocycles. The fourth-order valence-corrected chi connectivity index (χ4v) is 6.01. The lowest BCUT2D eigenvalue weighted by atomic mass is 9.84. The first-order valence-corrected chi connectivity index (χ1v) is 16.4. The zero-order valence-corrected chi connectivity index (χ0v) is 27.6. The van der Waals surface area contributed by atoms with Crippen molar-refractivity contribution in [2.75, 3.05) is 13.6 Å². The summed E-state index contributed by atoms with van der Waals surface area (Å²) >= 11 is 0. The maximum absolute atomic E-state index is 13.4. The van der Waals surface area contributed by atoms with Crippen LogP contribution in [0.5, 0.6) is 0 Å². The molecule has 42 heavy (non-hydrogen) atoms. The number of rotatable bonds is 12. The predicted molar refractivity (Wildman–Crippen MR) is 178 cm³/mol. The number of amides is 2. The number of nitrogens with one attached hydrogen (secondary N) is 3. The van der Waals surface area contributed by atoms with E-state index in [0.717, 1.165) is 18.8 Å². The Hall–Kier alpha value is -2.54. The SMILES string of the molecule is CC.CC(=O)CC1CCCCC1.CN[C@@H](C)C(=O)N[C@H](C(=O)C1C[C@@H](C)C[C@H]1C(=O)NCCc1ccccc1)C(C)C.[HH].[HH].[HH]. The van der Waals surface area contributed by atoms with E-state index in [1.54, 1.807) is 20.9 Å². The van der Waals surface area contributed by atoms with E-state index in [9.17, 15) is 19.2 Å². The summed E-state index contributed by atoms with van der Waals surface area (Å²) in [6.07, 6.45) is 9.65. The van der Waals surface area contributed by atoms with E-state index in [1.165, 1.54) is 37.7 Å². The highest BCUT2D eigenvalue weighted by molar-refractivity contribution is 5.95. The van der Waals surface area contributed by atoms with Crippen molar-refractivity contribution in [1.29, 1.82) is 0 Å². The number of carbonyl (C=O) groups excluding carboxylic acids is 4. The molecule has 7 heteroatoms.